The molecule has 2 aromatic carbocycles. The first-order chi connectivity index (χ1) is 14.7. The van der Waals surface area contributed by atoms with Crippen LogP contribution >= 0.6 is 0 Å². The summed E-state index contributed by atoms with van der Waals surface area (Å²) >= 11 is 0. The van der Waals surface area contributed by atoms with Crippen molar-refractivity contribution >= 4 is 28.9 Å². The summed E-state index contributed by atoms with van der Waals surface area (Å²) in [7, 11) is 0. The van der Waals surface area contributed by atoms with Gasteiger partial charge in [0.15, 0.2) is 0 Å². The van der Waals surface area contributed by atoms with Gasteiger partial charge in [-0.25, -0.2) is 0 Å². The molecule has 1 aliphatic heterocycles. The third-order valence-corrected chi connectivity index (χ3v) is 5.25. The van der Waals surface area contributed by atoms with Crippen molar-refractivity contribution in [1.29, 1.82) is 5.26 Å². The molecule has 2 aromatic rings. The van der Waals surface area contributed by atoms with Crippen LogP contribution in [0.5, 0.6) is 0 Å². The molecule has 3 rings (SSSR count). The van der Waals surface area contributed by atoms with Gasteiger partial charge in [0.1, 0.15) is 0 Å². The summed E-state index contributed by atoms with van der Waals surface area (Å²) < 4.78 is 0. The Hall–Kier alpha value is -3.33. The molecule has 6 heteroatoms. The number of hydrogen-bond acceptors (Lipinski definition) is 4. The Kier molecular flexibility index (Phi) is 7.85. The molecule has 0 saturated carbocycles. The molecular formula is C24H28N4O2. The SMILES string of the molecule is N#CCCN(C(=O)CCC(=O)Nc1ccc(N2CCCCC2)cc1)c1ccccc1. The van der Waals surface area contributed by atoms with E-state index in [0.29, 0.717) is 6.54 Å². The van der Waals surface area contributed by atoms with Gasteiger partial charge in [0, 0.05) is 49.5 Å². The molecular weight excluding hydrogens is 376 g/mol. The van der Waals surface area contributed by atoms with E-state index in [1.54, 1.807) is 4.90 Å². The first-order valence-electron chi connectivity index (χ1n) is 10.5. The highest BCUT2D eigenvalue weighted by Gasteiger charge is 2.17. The Labute approximate surface area is 178 Å². The van der Waals surface area contributed by atoms with E-state index in [9.17, 15) is 9.59 Å². The van der Waals surface area contributed by atoms with E-state index < -0.39 is 0 Å². The molecule has 0 unspecified atom stereocenters. The maximum Gasteiger partial charge on any atom is 0.227 e. The lowest BCUT2D eigenvalue weighted by Gasteiger charge is -2.28. The van der Waals surface area contributed by atoms with Gasteiger partial charge >= 0.3 is 0 Å². The Morgan fingerprint density at radius 2 is 1.67 bits per heavy atom. The summed E-state index contributed by atoms with van der Waals surface area (Å²) in [4.78, 5) is 28.9. The van der Waals surface area contributed by atoms with E-state index >= 15 is 0 Å². The van der Waals surface area contributed by atoms with Crippen molar-refractivity contribution in [2.75, 3.05) is 34.8 Å². The maximum absolute atomic E-state index is 12.7. The quantitative estimate of drug-likeness (QED) is 0.710. The second-order valence-electron chi connectivity index (χ2n) is 7.43. The second-order valence-corrected chi connectivity index (χ2v) is 7.43. The average molecular weight is 405 g/mol. The molecule has 0 aromatic heterocycles. The maximum atomic E-state index is 12.7. The lowest BCUT2D eigenvalue weighted by atomic mass is 10.1. The summed E-state index contributed by atoms with van der Waals surface area (Å²) in [5.41, 5.74) is 2.66. The van der Waals surface area contributed by atoms with Crippen molar-refractivity contribution in [3.8, 4) is 6.07 Å². The van der Waals surface area contributed by atoms with E-state index in [1.165, 1.54) is 24.9 Å². The van der Waals surface area contributed by atoms with Gasteiger partial charge in [0.2, 0.25) is 11.8 Å². The smallest absolute Gasteiger partial charge is 0.227 e. The molecule has 2 amide bonds. The third kappa shape index (κ3) is 6.08. The molecule has 30 heavy (non-hydrogen) atoms. The van der Waals surface area contributed by atoms with Crippen LogP contribution in [0.3, 0.4) is 0 Å². The van der Waals surface area contributed by atoms with Gasteiger partial charge in [0.25, 0.3) is 0 Å². The fourth-order valence-electron chi connectivity index (χ4n) is 3.65. The highest BCUT2D eigenvalue weighted by molar-refractivity contribution is 5.98. The van der Waals surface area contributed by atoms with Gasteiger partial charge in [0.05, 0.1) is 12.5 Å². The molecule has 156 valence electrons. The highest BCUT2D eigenvalue weighted by atomic mass is 16.2. The fraction of sp³-hybridized carbons (Fsp3) is 0.375. The first-order valence-corrected chi connectivity index (χ1v) is 10.5. The van der Waals surface area contributed by atoms with E-state index in [1.807, 2.05) is 54.6 Å². The normalized spacial score (nSPS) is 13.4. The fourth-order valence-corrected chi connectivity index (χ4v) is 3.65. The van der Waals surface area contributed by atoms with Gasteiger partial charge in [-0.2, -0.15) is 5.26 Å². The predicted octanol–water partition coefficient (Wildman–Crippen LogP) is 4.34. The summed E-state index contributed by atoms with van der Waals surface area (Å²) in [6, 6.07) is 19.2. The molecule has 1 saturated heterocycles. The van der Waals surface area contributed by atoms with Crippen LogP contribution in [0.1, 0.15) is 38.5 Å². The average Bonchev–Trinajstić information content (AvgIpc) is 2.80. The van der Waals surface area contributed by atoms with Crippen LogP contribution in [0.2, 0.25) is 0 Å². The molecule has 1 aliphatic rings. The zero-order valence-corrected chi connectivity index (χ0v) is 17.2. The molecule has 0 atom stereocenters. The third-order valence-electron chi connectivity index (χ3n) is 5.25. The van der Waals surface area contributed by atoms with E-state index in [-0.39, 0.29) is 31.1 Å². The second kappa shape index (κ2) is 11.0. The molecule has 6 nitrogen and oxygen atoms in total. The van der Waals surface area contributed by atoms with Crippen molar-refractivity contribution in [3.63, 3.8) is 0 Å². The number of piperidine rings is 1. The topological polar surface area (TPSA) is 76.4 Å². The summed E-state index contributed by atoms with van der Waals surface area (Å²) in [6.07, 6.45) is 4.18. The number of carbonyl (C=O) groups is 2. The van der Waals surface area contributed by atoms with Crippen LogP contribution in [0.4, 0.5) is 17.1 Å². The molecule has 0 radical (unpaired) electrons. The lowest BCUT2D eigenvalue weighted by Crippen LogP contribution is -2.32. The van der Waals surface area contributed by atoms with Crippen LogP contribution in [-0.4, -0.2) is 31.4 Å². The Bertz CT molecular complexity index is 868. The van der Waals surface area contributed by atoms with Crippen LogP contribution in [0, 0.1) is 11.3 Å². The Morgan fingerprint density at radius 1 is 0.967 bits per heavy atom. The van der Waals surface area contributed by atoms with Gasteiger partial charge in [-0.05, 0) is 55.7 Å². The Morgan fingerprint density at radius 3 is 2.33 bits per heavy atom. The van der Waals surface area contributed by atoms with Gasteiger partial charge in [-0.1, -0.05) is 18.2 Å². The minimum absolute atomic E-state index is 0.0953. The Balaban J connectivity index is 1.51. The zero-order valence-electron chi connectivity index (χ0n) is 17.2. The number of para-hydroxylation sites is 1. The largest absolute Gasteiger partial charge is 0.372 e. The van der Waals surface area contributed by atoms with Crippen LogP contribution < -0.4 is 15.1 Å². The van der Waals surface area contributed by atoms with Crippen molar-refractivity contribution in [2.24, 2.45) is 0 Å². The number of amides is 2. The van der Waals surface area contributed by atoms with Gasteiger partial charge < -0.3 is 15.1 Å². The number of rotatable bonds is 8. The number of anilines is 3. The number of carbonyl (C=O) groups excluding carboxylic acids is 2. The number of nitriles is 1. The molecule has 1 N–H and O–H groups in total. The van der Waals surface area contributed by atoms with Gasteiger partial charge in [-0.15, -0.1) is 0 Å². The van der Waals surface area contributed by atoms with E-state index in [4.69, 9.17) is 5.26 Å². The van der Waals surface area contributed by atoms with Crippen molar-refractivity contribution in [2.45, 2.75) is 38.5 Å². The monoisotopic (exact) mass is 404 g/mol. The minimum Gasteiger partial charge on any atom is -0.372 e. The van der Waals surface area contributed by atoms with E-state index in [0.717, 1.165) is 24.5 Å². The summed E-state index contributed by atoms with van der Waals surface area (Å²) in [5, 5.41) is 11.7. The van der Waals surface area contributed by atoms with E-state index in [2.05, 4.69) is 16.3 Å². The van der Waals surface area contributed by atoms with Crippen molar-refractivity contribution in [1.82, 2.24) is 0 Å². The predicted molar refractivity (Wildman–Crippen MR) is 119 cm³/mol. The van der Waals surface area contributed by atoms with Gasteiger partial charge in [-0.3, -0.25) is 9.59 Å². The molecule has 0 aliphatic carbocycles. The summed E-state index contributed by atoms with van der Waals surface area (Å²) in [5.74, 6) is -0.352. The van der Waals surface area contributed by atoms with Crippen LogP contribution in [-0.2, 0) is 9.59 Å². The standard InChI is InChI=1S/C24H28N4O2/c25-16-7-19-28(22-8-3-1-4-9-22)24(30)15-14-23(29)26-20-10-12-21(13-11-20)27-17-5-2-6-18-27/h1,3-4,8-13H,2,5-7,14-15,17-19H2,(H,26,29). The number of nitrogens with zero attached hydrogens (tertiary/aromatic N) is 3. The van der Waals surface area contributed by atoms with Crippen LogP contribution in [0.15, 0.2) is 54.6 Å². The highest BCUT2D eigenvalue weighted by Crippen LogP contribution is 2.22. The number of nitrogens with one attached hydrogen (secondary N) is 1. The first kappa shape index (κ1) is 21.4. The minimum atomic E-state index is -0.192. The van der Waals surface area contributed by atoms with Crippen LogP contribution in [0.25, 0.3) is 0 Å². The zero-order chi connectivity index (χ0) is 21.2. The molecule has 0 spiro atoms. The lowest BCUT2D eigenvalue weighted by molar-refractivity contribution is -0.122. The molecule has 1 fully saturated rings. The molecule has 1 heterocycles. The van der Waals surface area contributed by atoms with Crippen molar-refractivity contribution < 1.29 is 9.59 Å². The number of hydrogen-bond donors (Lipinski definition) is 1. The summed E-state index contributed by atoms with van der Waals surface area (Å²) in [6.45, 7) is 2.48. The number of benzene rings is 2. The van der Waals surface area contributed by atoms with Crippen molar-refractivity contribution in [3.05, 3.63) is 54.6 Å². The molecule has 0 bridgehead atoms.